The summed E-state index contributed by atoms with van der Waals surface area (Å²) in [6.45, 7) is 8.12. The van der Waals surface area contributed by atoms with Gasteiger partial charge in [0, 0.05) is 18.8 Å². The molecule has 0 radical (unpaired) electrons. The highest BCUT2D eigenvalue weighted by atomic mass is 31.2. The van der Waals surface area contributed by atoms with Crippen molar-refractivity contribution in [2.75, 3.05) is 0 Å². The van der Waals surface area contributed by atoms with Crippen molar-refractivity contribution in [3.05, 3.63) is 44.5 Å². The number of hydrogen-bond acceptors (Lipinski definition) is 10. The first kappa shape index (κ1) is 29.4. The van der Waals surface area contributed by atoms with Crippen LogP contribution in [0.4, 0.5) is 0 Å². The number of ether oxygens (including phenoxy) is 1. The molecule has 14 nitrogen and oxygen atoms in total. The summed E-state index contributed by atoms with van der Waals surface area (Å²) >= 11 is 0. The molecule has 0 aromatic carbocycles. The Hall–Kier alpha value is -2.19. The summed E-state index contributed by atoms with van der Waals surface area (Å²) in [6.07, 6.45) is -2.58. The molecule has 1 aliphatic heterocycles. The van der Waals surface area contributed by atoms with Gasteiger partial charge in [-0.05, 0) is 33.1 Å². The summed E-state index contributed by atoms with van der Waals surface area (Å²) in [5.74, 6) is 0. The molecule has 0 spiro atoms. The number of aliphatic hydroxyl groups is 3. The number of aliphatic hydroxyl groups excluding tert-OH is 2. The molecule has 1 fully saturated rings. The topological polar surface area (TPSA) is 202 Å². The van der Waals surface area contributed by atoms with E-state index in [2.05, 4.69) is 15.3 Å². The Morgan fingerprint density at radius 1 is 1.16 bits per heavy atom. The standard InChI is InChI=1S/C22H36N5O9P/c1-6-21(5,36-37(33,34)22(32,7-2)8-3)9-15-16(28)17(29)19(35-15)27-12-14(18(30)23-20(27)31)11-26-10-13(4)24-25-26/h10,12,15-17,19,28-29,32H,6-9,11H2,1-5H3,(H,33,34)(H,23,30,31). The largest absolute Gasteiger partial charge is 0.388 e. The van der Waals surface area contributed by atoms with Crippen molar-refractivity contribution in [1.82, 2.24) is 24.5 Å². The molecule has 1 saturated heterocycles. The van der Waals surface area contributed by atoms with Gasteiger partial charge in [0.25, 0.3) is 5.56 Å². The van der Waals surface area contributed by atoms with E-state index in [1.807, 2.05) is 0 Å². The van der Waals surface area contributed by atoms with Gasteiger partial charge in [-0.15, -0.1) is 5.10 Å². The summed E-state index contributed by atoms with van der Waals surface area (Å²) in [7, 11) is -4.52. The van der Waals surface area contributed by atoms with Crippen molar-refractivity contribution in [1.29, 1.82) is 0 Å². The fourth-order valence-electron chi connectivity index (χ4n) is 4.31. The fourth-order valence-corrected chi connectivity index (χ4v) is 6.08. The molecule has 15 heteroatoms. The maximum atomic E-state index is 13.0. The molecule has 3 heterocycles. The molecule has 0 bridgehead atoms. The first-order valence-corrected chi connectivity index (χ1v) is 13.8. The lowest BCUT2D eigenvalue weighted by molar-refractivity contribution is -0.0721. The molecule has 3 rings (SSSR count). The van der Waals surface area contributed by atoms with E-state index < -0.39 is 54.3 Å². The molecule has 5 N–H and O–H groups in total. The Kier molecular flexibility index (Phi) is 8.64. The molecule has 208 valence electrons. The number of rotatable bonds is 11. The van der Waals surface area contributed by atoms with E-state index in [4.69, 9.17) is 9.26 Å². The fraction of sp³-hybridized carbons (Fsp3) is 0.727. The van der Waals surface area contributed by atoms with Crippen molar-refractivity contribution < 1.29 is 34.0 Å². The molecule has 6 atom stereocenters. The molecule has 1 aliphatic rings. The third-order valence-electron chi connectivity index (χ3n) is 7.02. The summed E-state index contributed by atoms with van der Waals surface area (Å²) in [5, 5.41) is 37.9. The van der Waals surface area contributed by atoms with E-state index in [1.165, 1.54) is 10.9 Å². The lowest BCUT2D eigenvalue weighted by Crippen LogP contribution is -2.41. The van der Waals surface area contributed by atoms with Crippen LogP contribution in [0.1, 0.15) is 70.9 Å². The zero-order chi connectivity index (χ0) is 27.8. The van der Waals surface area contributed by atoms with Crippen LogP contribution >= 0.6 is 7.60 Å². The summed E-state index contributed by atoms with van der Waals surface area (Å²) in [5.41, 5.74) is -2.06. The van der Waals surface area contributed by atoms with Gasteiger partial charge in [0.2, 0.25) is 0 Å². The number of nitrogens with one attached hydrogen (secondary N) is 1. The minimum Gasteiger partial charge on any atom is -0.388 e. The quantitative estimate of drug-likeness (QED) is 0.244. The minimum atomic E-state index is -4.52. The Balaban J connectivity index is 1.85. The maximum absolute atomic E-state index is 13.0. The second-order valence-electron chi connectivity index (χ2n) is 9.73. The van der Waals surface area contributed by atoms with Gasteiger partial charge in [0.15, 0.2) is 11.6 Å². The number of H-pyrrole nitrogens is 1. The van der Waals surface area contributed by atoms with Crippen molar-refractivity contribution in [2.45, 2.75) is 102 Å². The van der Waals surface area contributed by atoms with Gasteiger partial charge in [-0.2, -0.15) is 0 Å². The molecule has 2 aromatic rings. The van der Waals surface area contributed by atoms with Gasteiger partial charge >= 0.3 is 13.3 Å². The van der Waals surface area contributed by atoms with Crippen molar-refractivity contribution in [2.24, 2.45) is 0 Å². The lowest BCUT2D eigenvalue weighted by atomic mass is 9.93. The zero-order valence-corrected chi connectivity index (χ0v) is 22.5. The number of nitrogens with zero attached hydrogens (tertiary/aromatic N) is 4. The molecule has 37 heavy (non-hydrogen) atoms. The van der Waals surface area contributed by atoms with Crippen LogP contribution in [0, 0.1) is 6.92 Å². The SMILES string of the molecule is CCC(C)(CC1OC(n2cc(Cn3cc(C)nn3)c(=O)[nH]c2=O)C(O)C1O)OP(=O)(O)C(O)(CC)CC. The van der Waals surface area contributed by atoms with Crippen LogP contribution in [0.5, 0.6) is 0 Å². The minimum absolute atomic E-state index is 0.00342. The van der Waals surface area contributed by atoms with Crippen LogP contribution < -0.4 is 11.2 Å². The van der Waals surface area contributed by atoms with Crippen molar-refractivity contribution in [3.63, 3.8) is 0 Å². The van der Waals surface area contributed by atoms with Gasteiger partial charge < -0.3 is 29.5 Å². The highest BCUT2D eigenvalue weighted by molar-refractivity contribution is 7.54. The molecule has 0 saturated carbocycles. The number of aromatic nitrogens is 5. The van der Waals surface area contributed by atoms with Crippen LogP contribution in [0.3, 0.4) is 0 Å². The van der Waals surface area contributed by atoms with Crippen LogP contribution in [-0.4, -0.2) is 74.0 Å². The molecular weight excluding hydrogens is 509 g/mol. The monoisotopic (exact) mass is 545 g/mol. The van der Waals surface area contributed by atoms with Crippen molar-refractivity contribution in [3.8, 4) is 0 Å². The van der Waals surface area contributed by atoms with Crippen LogP contribution in [0.2, 0.25) is 0 Å². The molecular formula is C22H36N5O9P. The van der Waals surface area contributed by atoms with Gasteiger partial charge in [0.1, 0.15) is 12.2 Å². The van der Waals surface area contributed by atoms with E-state index in [-0.39, 0.29) is 37.8 Å². The van der Waals surface area contributed by atoms with Gasteiger partial charge in [0.05, 0.1) is 29.5 Å². The second-order valence-corrected chi connectivity index (χ2v) is 11.8. The van der Waals surface area contributed by atoms with Crippen molar-refractivity contribution >= 4 is 7.60 Å². The summed E-state index contributed by atoms with van der Waals surface area (Å²) < 4.78 is 26.8. The predicted molar refractivity (Wildman–Crippen MR) is 131 cm³/mol. The normalized spacial score (nSPS) is 25.6. The van der Waals surface area contributed by atoms with Gasteiger partial charge in [-0.25, -0.2) is 9.48 Å². The molecule has 0 amide bonds. The second kappa shape index (κ2) is 10.9. The summed E-state index contributed by atoms with van der Waals surface area (Å²) in [4.78, 5) is 37.7. The molecule has 6 unspecified atom stereocenters. The van der Waals surface area contributed by atoms with Crippen LogP contribution in [0.25, 0.3) is 0 Å². The van der Waals surface area contributed by atoms with E-state index in [0.717, 1.165) is 4.57 Å². The Morgan fingerprint density at radius 2 is 1.81 bits per heavy atom. The molecule has 2 aromatic heterocycles. The first-order valence-electron chi connectivity index (χ1n) is 12.2. The van der Waals surface area contributed by atoms with E-state index in [9.17, 15) is 34.4 Å². The maximum Gasteiger partial charge on any atom is 0.359 e. The number of aromatic amines is 1. The van der Waals surface area contributed by atoms with Crippen LogP contribution in [0.15, 0.2) is 22.0 Å². The third-order valence-corrected chi connectivity index (χ3v) is 9.39. The van der Waals surface area contributed by atoms with Crippen LogP contribution in [-0.2, 0) is 20.4 Å². The smallest absolute Gasteiger partial charge is 0.359 e. The van der Waals surface area contributed by atoms with Gasteiger partial charge in [-0.1, -0.05) is 26.0 Å². The van der Waals surface area contributed by atoms with E-state index in [1.54, 1.807) is 40.8 Å². The Labute approximate surface area is 213 Å². The zero-order valence-electron chi connectivity index (χ0n) is 21.6. The third kappa shape index (κ3) is 5.95. The summed E-state index contributed by atoms with van der Waals surface area (Å²) in [6, 6.07) is 0. The molecule has 0 aliphatic carbocycles. The first-order chi connectivity index (χ1) is 17.2. The average molecular weight is 546 g/mol. The lowest BCUT2D eigenvalue weighted by Gasteiger charge is -2.38. The number of aryl methyl sites for hydroxylation is 1. The Bertz CT molecular complexity index is 1260. The predicted octanol–water partition coefficient (Wildman–Crippen LogP) is 0.373. The average Bonchev–Trinajstić information content (AvgIpc) is 3.37. The van der Waals surface area contributed by atoms with Gasteiger partial charge in [-0.3, -0.25) is 18.9 Å². The Morgan fingerprint density at radius 3 is 2.35 bits per heavy atom. The highest BCUT2D eigenvalue weighted by Crippen LogP contribution is 2.60. The highest BCUT2D eigenvalue weighted by Gasteiger charge is 2.51. The van der Waals surface area contributed by atoms with E-state index in [0.29, 0.717) is 5.69 Å². The van der Waals surface area contributed by atoms with E-state index >= 15 is 0 Å². The number of hydrogen-bond donors (Lipinski definition) is 5.